The predicted molar refractivity (Wildman–Crippen MR) is 76.0 cm³/mol. The highest BCUT2D eigenvalue weighted by Gasteiger charge is 2.61. The van der Waals surface area contributed by atoms with E-state index >= 15 is 0 Å². The van der Waals surface area contributed by atoms with Gasteiger partial charge in [-0.3, -0.25) is 0 Å². The lowest BCUT2D eigenvalue weighted by molar-refractivity contribution is -0.0593. The second-order valence-corrected chi connectivity index (χ2v) is 8.43. The summed E-state index contributed by atoms with van der Waals surface area (Å²) in [6, 6.07) is 1.77. The highest BCUT2D eigenvalue weighted by atomic mass is 32.2. The van der Waals surface area contributed by atoms with Crippen LogP contribution in [0.4, 0.5) is 8.78 Å². The van der Waals surface area contributed by atoms with E-state index in [4.69, 9.17) is 5.73 Å². The van der Waals surface area contributed by atoms with E-state index in [2.05, 4.69) is 4.72 Å². The van der Waals surface area contributed by atoms with E-state index in [-0.39, 0.29) is 6.04 Å². The third kappa shape index (κ3) is 2.47. The molecule has 0 unspecified atom stereocenters. The van der Waals surface area contributed by atoms with Gasteiger partial charge in [-0.2, -0.15) is 0 Å². The number of benzene rings is 1. The number of nitrogens with one attached hydrogen (secondary N) is 1. The van der Waals surface area contributed by atoms with Crippen LogP contribution in [0.15, 0.2) is 23.1 Å². The lowest BCUT2D eigenvalue weighted by Crippen LogP contribution is -2.75. The average molecular weight is 318 g/mol. The molecule has 2 rings (SSSR count). The summed E-state index contributed by atoms with van der Waals surface area (Å²) in [5.74, 6) is -1.93. The molecular formula is C14H20F2N2O2S. The fourth-order valence-corrected chi connectivity index (χ4v) is 5.00. The second kappa shape index (κ2) is 4.72. The van der Waals surface area contributed by atoms with Crippen LogP contribution in [0.5, 0.6) is 0 Å². The van der Waals surface area contributed by atoms with Crippen molar-refractivity contribution in [1.29, 1.82) is 0 Å². The van der Waals surface area contributed by atoms with Crippen molar-refractivity contribution in [3.63, 3.8) is 0 Å². The molecule has 0 radical (unpaired) electrons. The fraction of sp³-hybridized carbons (Fsp3) is 0.571. The number of sulfonamides is 1. The van der Waals surface area contributed by atoms with Gasteiger partial charge in [-0.25, -0.2) is 21.9 Å². The maximum atomic E-state index is 13.7. The normalized spacial score (nSPS) is 27.2. The summed E-state index contributed by atoms with van der Waals surface area (Å²) < 4.78 is 53.8. The molecule has 118 valence electrons. The van der Waals surface area contributed by atoms with E-state index in [0.29, 0.717) is 6.07 Å². The Morgan fingerprint density at radius 3 is 2.14 bits per heavy atom. The van der Waals surface area contributed by atoms with E-state index < -0.39 is 43.4 Å². The predicted octanol–water partition coefficient (Wildman–Crippen LogP) is 2.00. The zero-order chi connectivity index (χ0) is 16.2. The van der Waals surface area contributed by atoms with Crippen molar-refractivity contribution in [2.75, 3.05) is 0 Å². The Kier molecular flexibility index (Phi) is 3.67. The van der Waals surface area contributed by atoms with Gasteiger partial charge in [0, 0.05) is 18.2 Å². The third-order valence-electron chi connectivity index (χ3n) is 4.55. The number of rotatable bonds is 3. The SMILES string of the molecule is CC1(C)C(N)C(C)(C)C1NS(=O)(=O)c1ccc(F)cc1F. The minimum Gasteiger partial charge on any atom is -0.327 e. The summed E-state index contributed by atoms with van der Waals surface area (Å²) in [5, 5.41) is 0. The van der Waals surface area contributed by atoms with Gasteiger partial charge in [0.2, 0.25) is 10.0 Å². The van der Waals surface area contributed by atoms with Gasteiger partial charge in [-0.1, -0.05) is 27.7 Å². The summed E-state index contributed by atoms with van der Waals surface area (Å²) in [7, 11) is -4.08. The van der Waals surface area contributed by atoms with Crippen molar-refractivity contribution in [1.82, 2.24) is 4.72 Å². The van der Waals surface area contributed by atoms with E-state index in [0.717, 1.165) is 12.1 Å². The van der Waals surface area contributed by atoms with E-state index in [9.17, 15) is 17.2 Å². The van der Waals surface area contributed by atoms with Gasteiger partial charge in [-0.15, -0.1) is 0 Å². The first kappa shape index (κ1) is 16.3. The summed E-state index contributed by atoms with van der Waals surface area (Å²) in [5.41, 5.74) is 5.17. The third-order valence-corrected chi connectivity index (χ3v) is 6.00. The molecule has 1 fully saturated rings. The van der Waals surface area contributed by atoms with E-state index in [1.165, 1.54) is 0 Å². The first-order valence-corrected chi connectivity index (χ1v) is 8.12. The number of hydrogen-bond donors (Lipinski definition) is 2. The molecule has 0 heterocycles. The van der Waals surface area contributed by atoms with Crippen LogP contribution in [-0.4, -0.2) is 20.5 Å². The van der Waals surface area contributed by atoms with Gasteiger partial charge in [0.1, 0.15) is 16.5 Å². The van der Waals surface area contributed by atoms with Crippen LogP contribution in [0.3, 0.4) is 0 Å². The van der Waals surface area contributed by atoms with Crippen LogP contribution < -0.4 is 10.5 Å². The fourth-order valence-electron chi connectivity index (χ4n) is 3.40. The zero-order valence-corrected chi connectivity index (χ0v) is 13.3. The van der Waals surface area contributed by atoms with E-state index in [1.54, 1.807) is 0 Å². The molecule has 0 spiro atoms. The lowest BCUT2D eigenvalue weighted by atomic mass is 9.49. The monoisotopic (exact) mass is 318 g/mol. The number of hydrogen-bond acceptors (Lipinski definition) is 3. The Labute approximate surface area is 123 Å². The van der Waals surface area contributed by atoms with Crippen LogP contribution in [0, 0.1) is 22.5 Å². The molecule has 1 aliphatic carbocycles. The molecule has 1 saturated carbocycles. The van der Waals surface area contributed by atoms with Gasteiger partial charge in [0.15, 0.2) is 0 Å². The number of halogens is 2. The molecule has 0 aromatic heterocycles. The standard InChI is InChI=1S/C14H20F2N2O2S/c1-13(2)11(17)14(3,4)12(13)18-21(19,20)10-6-5-8(15)7-9(10)16/h5-7,11-12,18H,17H2,1-4H3. The largest absolute Gasteiger partial charge is 0.327 e. The zero-order valence-electron chi connectivity index (χ0n) is 12.4. The van der Waals surface area contributed by atoms with Crippen LogP contribution in [0.2, 0.25) is 0 Å². The molecule has 7 heteroatoms. The summed E-state index contributed by atoms with van der Waals surface area (Å²) in [4.78, 5) is -0.559. The van der Waals surface area contributed by atoms with Crippen molar-refractivity contribution >= 4 is 10.0 Å². The summed E-state index contributed by atoms with van der Waals surface area (Å²) in [6.07, 6.45) is 0. The lowest BCUT2D eigenvalue weighted by Gasteiger charge is -2.62. The second-order valence-electron chi connectivity index (χ2n) is 6.75. The Bertz CT molecular complexity index is 656. The Morgan fingerprint density at radius 1 is 1.14 bits per heavy atom. The van der Waals surface area contributed by atoms with Gasteiger partial charge in [0.05, 0.1) is 0 Å². The number of nitrogens with two attached hydrogens (primary N) is 1. The Hall–Kier alpha value is -1.05. The maximum absolute atomic E-state index is 13.7. The molecule has 3 N–H and O–H groups in total. The minimum atomic E-state index is -4.08. The van der Waals surface area contributed by atoms with Crippen LogP contribution in [0.1, 0.15) is 27.7 Å². The first-order valence-electron chi connectivity index (χ1n) is 6.63. The molecule has 1 aromatic carbocycles. The molecule has 0 saturated heterocycles. The van der Waals surface area contributed by atoms with Gasteiger partial charge < -0.3 is 5.73 Å². The van der Waals surface area contributed by atoms with Crippen molar-refractivity contribution in [2.24, 2.45) is 16.6 Å². The van der Waals surface area contributed by atoms with Gasteiger partial charge in [-0.05, 0) is 23.0 Å². The molecular weight excluding hydrogens is 298 g/mol. The Balaban J connectivity index is 2.34. The van der Waals surface area contributed by atoms with Crippen molar-refractivity contribution in [2.45, 2.75) is 44.7 Å². The van der Waals surface area contributed by atoms with Crippen molar-refractivity contribution in [3.05, 3.63) is 29.8 Å². The highest BCUT2D eigenvalue weighted by molar-refractivity contribution is 7.89. The molecule has 1 aliphatic rings. The van der Waals surface area contributed by atoms with Crippen molar-refractivity contribution in [3.8, 4) is 0 Å². The Morgan fingerprint density at radius 2 is 1.67 bits per heavy atom. The topological polar surface area (TPSA) is 72.2 Å². The molecule has 0 bridgehead atoms. The van der Waals surface area contributed by atoms with Crippen LogP contribution in [-0.2, 0) is 10.0 Å². The van der Waals surface area contributed by atoms with Crippen LogP contribution in [0.25, 0.3) is 0 Å². The maximum Gasteiger partial charge on any atom is 0.243 e. The first-order chi connectivity index (χ1) is 9.40. The minimum absolute atomic E-state index is 0.184. The molecule has 0 amide bonds. The molecule has 1 aromatic rings. The smallest absolute Gasteiger partial charge is 0.243 e. The summed E-state index contributed by atoms with van der Waals surface area (Å²) >= 11 is 0. The molecule has 4 nitrogen and oxygen atoms in total. The van der Waals surface area contributed by atoms with Crippen LogP contribution >= 0.6 is 0 Å². The summed E-state index contributed by atoms with van der Waals surface area (Å²) in [6.45, 7) is 7.43. The van der Waals surface area contributed by atoms with Gasteiger partial charge in [0.25, 0.3) is 0 Å². The van der Waals surface area contributed by atoms with E-state index in [1.807, 2.05) is 27.7 Å². The molecule has 0 atom stereocenters. The van der Waals surface area contributed by atoms with Gasteiger partial charge >= 0.3 is 0 Å². The molecule has 0 aliphatic heterocycles. The quantitative estimate of drug-likeness (QED) is 0.895. The highest BCUT2D eigenvalue weighted by Crippen LogP contribution is 2.52. The average Bonchev–Trinajstić information content (AvgIpc) is 2.34. The van der Waals surface area contributed by atoms with Crippen molar-refractivity contribution < 1.29 is 17.2 Å². The molecule has 21 heavy (non-hydrogen) atoms.